The van der Waals surface area contributed by atoms with Crippen LogP contribution >= 0.6 is 0 Å². The highest BCUT2D eigenvalue weighted by Crippen LogP contribution is 1.87. The van der Waals surface area contributed by atoms with Crippen molar-refractivity contribution in [2.75, 3.05) is 32.8 Å². The first-order valence-electron chi connectivity index (χ1n) is 4.03. The molecule has 0 aliphatic carbocycles. The predicted octanol–water partition coefficient (Wildman–Crippen LogP) is 0.508. The first-order valence-corrected chi connectivity index (χ1v) is 6.13. The molecule has 3 nitrogen and oxygen atoms in total. The predicted molar refractivity (Wildman–Crippen MR) is 47.1 cm³/mol. The summed E-state index contributed by atoms with van der Waals surface area (Å²) in [6.45, 7) is 5.50. The van der Waals surface area contributed by atoms with E-state index in [1.54, 1.807) is 7.11 Å². The standard InChI is InChI=1S/C7H18O3Si/c1-4-9-6-11(8-3)7-10-5-2/h11H,4-7H2,1-3H3. The summed E-state index contributed by atoms with van der Waals surface area (Å²) in [4.78, 5) is 0. The van der Waals surface area contributed by atoms with Crippen LogP contribution in [0.2, 0.25) is 0 Å². The Kier molecular flexibility index (Phi) is 8.27. The Morgan fingerprint density at radius 2 is 1.45 bits per heavy atom. The second kappa shape index (κ2) is 8.20. The molecule has 0 aliphatic heterocycles. The van der Waals surface area contributed by atoms with Gasteiger partial charge in [-0.25, -0.2) is 0 Å². The molecule has 0 saturated carbocycles. The van der Waals surface area contributed by atoms with Gasteiger partial charge in [-0.05, 0) is 13.8 Å². The van der Waals surface area contributed by atoms with E-state index in [4.69, 9.17) is 13.9 Å². The van der Waals surface area contributed by atoms with Gasteiger partial charge in [0.15, 0.2) is 0 Å². The Morgan fingerprint density at radius 1 is 1.00 bits per heavy atom. The van der Waals surface area contributed by atoms with Crippen LogP contribution in [0.25, 0.3) is 0 Å². The van der Waals surface area contributed by atoms with E-state index in [0.717, 1.165) is 25.7 Å². The number of hydrogen-bond acceptors (Lipinski definition) is 3. The summed E-state index contributed by atoms with van der Waals surface area (Å²) in [6.07, 6.45) is 1.51. The van der Waals surface area contributed by atoms with Crippen molar-refractivity contribution in [3.05, 3.63) is 0 Å². The van der Waals surface area contributed by atoms with Crippen molar-refractivity contribution in [1.29, 1.82) is 0 Å². The summed E-state index contributed by atoms with van der Waals surface area (Å²) in [5.74, 6) is 0. The fraction of sp³-hybridized carbons (Fsp3) is 1.00. The molecule has 0 aromatic carbocycles. The molecule has 0 spiro atoms. The van der Waals surface area contributed by atoms with E-state index in [1.807, 2.05) is 13.8 Å². The lowest BCUT2D eigenvalue weighted by Crippen LogP contribution is -2.30. The molecule has 0 bridgehead atoms. The molecular formula is C7H18O3Si. The van der Waals surface area contributed by atoms with E-state index in [0.29, 0.717) is 0 Å². The summed E-state index contributed by atoms with van der Waals surface area (Å²) in [7, 11) is 0.538. The molecule has 0 amide bonds. The number of ether oxygens (including phenoxy) is 2. The molecule has 0 unspecified atom stereocenters. The first kappa shape index (κ1) is 11.1. The van der Waals surface area contributed by atoms with Crippen LogP contribution < -0.4 is 0 Å². The van der Waals surface area contributed by atoms with Crippen molar-refractivity contribution in [2.24, 2.45) is 0 Å². The van der Waals surface area contributed by atoms with Gasteiger partial charge in [0.25, 0.3) is 0 Å². The Bertz CT molecular complexity index is 72.1. The smallest absolute Gasteiger partial charge is 0.226 e. The van der Waals surface area contributed by atoms with E-state index in [2.05, 4.69) is 0 Å². The molecule has 0 aromatic heterocycles. The zero-order valence-corrected chi connectivity index (χ0v) is 8.79. The molecule has 11 heavy (non-hydrogen) atoms. The van der Waals surface area contributed by atoms with Crippen LogP contribution in [0.4, 0.5) is 0 Å². The van der Waals surface area contributed by atoms with E-state index >= 15 is 0 Å². The number of hydrogen-bond donors (Lipinski definition) is 0. The van der Waals surface area contributed by atoms with Gasteiger partial charge in [0, 0.05) is 20.3 Å². The van der Waals surface area contributed by atoms with Crippen molar-refractivity contribution < 1.29 is 13.9 Å². The van der Waals surface area contributed by atoms with Gasteiger partial charge in [-0.1, -0.05) is 0 Å². The van der Waals surface area contributed by atoms with Gasteiger partial charge < -0.3 is 13.9 Å². The van der Waals surface area contributed by atoms with Crippen molar-refractivity contribution in [3.8, 4) is 0 Å². The van der Waals surface area contributed by atoms with Gasteiger partial charge in [-0.2, -0.15) is 0 Å². The minimum absolute atomic E-state index is 0.757. The van der Waals surface area contributed by atoms with E-state index in [9.17, 15) is 0 Å². The van der Waals surface area contributed by atoms with Crippen LogP contribution in [0.5, 0.6) is 0 Å². The molecule has 0 radical (unpaired) electrons. The Labute approximate surface area is 70.4 Å². The molecule has 0 heterocycles. The van der Waals surface area contributed by atoms with Crippen LogP contribution in [0.15, 0.2) is 0 Å². The van der Waals surface area contributed by atoms with Gasteiger partial charge in [0.1, 0.15) is 0 Å². The van der Waals surface area contributed by atoms with E-state index in [1.165, 1.54) is 0 Å². The lowest BCUT2D eigenvalue weighted by Gasteiger charge is -2.12. The average molecular weight is 178 g/mol. The highest BCUT2D eigenvalue weighted by Gasteiger charge is 2.09. The van der Waals surface area contributed by atoms with Crippen LogP contribution in [0.3, 0.4) is 0 Å². The molecule has 0 aromatic rings. The lowest BCUT2D eigenvalue weighted by molar-refractivity contribution is 0.147. The van der Waals surface area contributed by atoms with Crippen molar-refractivity contribution in [2.45, 2.75) is 13.8 Å². The normalized spacial score (nSPS) is 10.9. The maximum absolute atomic E-state index is 5.24. The SMILES string of the molecule is CCOC[SiH](COCC)OC. The third-order valence-electron chi connectivity index (χ3n) is 1.35. The fourth-order valence-corrected chi connectivity index (χ4v) is 2.05. The van der Waals surface area contributed by atoms with E-state index < -0.39 is 9.04 Å². The van der Waals surface area contributed by atoms with Crippen LogP contribution in [-0.4, -0.2) is 41.8 Å². The maximum atomic E-state index is 5.24. The van der Waals surface area contributed by atoms with Gasteiger partial charge >= 0.3 is 0 Å². The highest BCUT2D eigenvalue weighted by atomic mass is 28.3. The van der Waals surface area contributed by atoms with E-state index in [-0.39, 0.29) is 0 Å². The summed E-state index contributed by atoms with van der Waals surface area (Å²) in [6, 6.07) is 0. The molecule has 0 N–H and O–H groups in total. The molecule has 0 fully saturated rings. The van der Waals surface area contributed by atoms with Gasteiger partial charge in [0.05, 0.1) is 12.5 Å². The zero-order valence-electron chi connectivity index (χ0n) is 7.63. The Hall–Kier alpha value is 0.0969. The minimum atomic E-state index is -1.19. The van der Waals surface area contributed by atoms with Crippen LogP contribution in [0, 0.1) is 0 Å². The monoisotopic (exact) mass is 178 g/mol. The van der Waals surface area contributed by atoms with Crippen molar-refractivity contribution in [3.63, 3.8) is 0 Å². The summed E-state index contributed by atoms with van der Waals surface area (Å²) < 4.78 is 15.7. The fourth-order valence-electron chi connectivity index (χ4n) is 0.683. The summed E-state index contributed by atoms with van der Waals surface area (Å²) >= 11 is 0. The first-order chi connectivity index (χ1) is 5.35. The molecule has 0 atom stereocenters. The molecular weight excluding hydrogens is 160 g/mol. The molecule has 4 heteroatoms. The molecule has 0 rings (SSSR count). The topological polar surface area (TPSA) is 27.7 Å². The zero-order chi connectivity index (χ0) is 8.53. The molecule has 0 aliphatic rings. The number of rotatable bonds is 7. The molecule has 68 valence electrons. The van der Waals surface area contributed by atoms with Gasteiger partial charge in [-0.15, -0.1) is 0 Å². The average Bonchev–Trinajstić information content (AvgIpc) is 2.05. The van der Waals surface area contributed by atoms with Crippen molar-refractivity contribution in [1.82, 2.24) is 0 Å². The maximum Gasteiger partial charge on any atom is 0.226 e. The Morgan fingerprint density at radius 3 is 1.73 bits per heavy atom. The summed E-state index contributed by atoms with van der Waals surface area (Å²) in [5.41, 5.74) is 0. The van der Waals surface area contributed by atoms with Crippen LogP contribution in [-0.2, 0) is 13.9 Å². The molecule has 0 saturated heterocycles. The minimum Gasteiger partial charge on any atom is -0.419 e. The third-order valence-corrected chi connectivity index (χ3v) is 3.23. The largest absolute Gasteiger partial charge is 0.419 e. The lowest BCUT2D eigenvalue weighted by atomic mass is 10.9. The van der Waals surface area contributed by atoms with Crippen molar-refractivity contribution >= 4 is 9.04 Å². The second-order valence-corrected chi connectivity index (χ2v) is 4.56. The summed E-state index contributed by atoms with van der Waals surface area (Å²) in [5, 5.41) is 0. The third kappa shape index (κ3) is 6.49. The second-order valence-electron chi connectivity index (χ2n) is 2.18. The van der Waals surface area contributed by atoms with Gasteiger partial charge in [0.2, 0.25) is 9.04 Å². The highest BCUT2D eigenvalue weighted by molar-refractivity contribution is 6.51. The van der Waals surface area contributed by atoms with Gasteiger partial charge in [-0.3, -0.25) is 0 Å². The Balaban J connectivity index is 3.25. The quantitative estimate of drug-likeness (QED) is 0.532. The van der Waals surface area contributed by atoms with Crippen LogP contribution in [0.1, 0.15) is 13.8 Å².